The van der Waals surface area contributed by atoms with Gasteiger partial charge in [0, 0.05) is 21.8 Å². The van der Waals surface area contributed by atoms with Crippen LogP contribution in [-0.4, -0.2) is 15.2 Å². The topological polar surface area (TPSA) is 17.1 Å². The Labute approximate surface area is 65.7 Å². The van der Waals surface area contributed by atoms with Gasteiger partial charge in [-0.05, 0) is 12.8 Å². The second kappa shape index (κ2) is 4.12. The lowest BCUT2D eigenvalue weighted by Crippen LogP contribution is -2.19. The van der Waals surface area contributed by atoms with E-state index in [2.05, 4.69) is 0 Å². The first-order valence-electron chi connectivity index (χ1n) is 4.21. The van der Waals surface area contributed by atoms with Crippen LogP contribution in [-0.2, 0) is 10.8 Å². The second-order valence-electron chi connectivity index (χ2n) is 2.93. The van der Waals surface area contributed by atoms with Crippen LogP contribution in [0.25, 0.3) is 0 Å². The number of hydrogen-bond acceptors (Lipinski definition) is 1. The summed E-state index contributed by atoms with van der Waals surface area (Å²) in [5, 5.41) is 0.541. The summed E-state index contributed by atoms with van der Waals surface area (Å²) >= 11 is 0. The van der Waals surface area contributed by atoms with E-state index in [4.69, 9.17) is 0 Å². The van der Waals surface area contributed by atoms with Gasteiger partial charge in [0.1, 0.15) is 0 Å². The average Bonchev–Trinajstić information content (AvgIpc) is 2.05. The van der Waals surface area contributed by atoms with Crippen molar-refractivity contribution in [2.24, 2.45) is 0 Å². The Morgan fingerprint density at radius 3 is 2.40 bits per heavy atom. The van der Waals surface area contributed by atoms with Crippen molar-refractivity contribution in [3.8, 4) is 0 Å². The molecule has 1 fully saturated rings. The maximum absolute atomic E-state index is 11.3. The fourth-order valence-electron chi connectivity index (χ4n) is 1.56. The van der Waals surface area contributed by atoms with E-state index in [9.17, 15) is 4.21 Å². The molecule has 0 aromatic carbocycles. The molecule has 1 aliphatic rings. The Morgan fingerprint density at radius 2 is 1.90 bits per heavy atom. The lowest BCUT2D eigenvalue weighted by Gasteiger charge is -2.19. The molecule has 0 unspecified atom stereocenters. The van der Waals surface area contributed by atoms with E-state index >= 15 is 0 Å². The lowest BCUT2D eigenvalue weighted by molar-refractivity contribution is 0.505. The molecule has 1 nitrogen and oxygen atoms in total. The van der Waals surface area contributed by atoms with Crippen molar-refractivity contribution in [1.29, 1.82) is 0 Å². The van der Waals surface area contributed by atoms with Crippen molar-refractivity contribution in [1.82, 2.24) is 0 Å². The lowest BCUT2D eigenvalue weighted by atomic mass is 10.0. The van der Waals surface area contributed by atoms with Crippen LogP contribution in [0.3, 0.4) is 0 Å². The summed E-state index contributed by atoms with van der Waals surface area (Å²) < 4.78 is 11.3. The van der Waals surface area contributed by atoms with Gasteiger partial charge < -0.3 is 0 Å². The highest BCUT2D eigenvalue weighted by atomic mass is 32.2. The first kappa shape index (κ1) is 8.25. The molecule has 1 rings (SSSR count). The molecule has 0 aliphatic heterocycles. The van der Waals surface area contributed by atoms with Gasteiger partial charge in [-0.2, -0.15) is 0 Å². The minimum absolute atomic E-state index is 0.513. The summed E-state index contributed by atoms with van der Waals surface area (Å²) in [6.07, 6.45) is 6.38. The second-order valence-corrected chi connectivity index (χ2v) is 4.93. The summed E-state index contributed by atoms with van der Waals surface area (Å²) in [6, 6.07) is 0. The smallest absolute Gasteiger partial charge is 0.0347 e. The molecule has 1 saturated carbocycles. The molecule has 0 aromatic heterocycles. The van der Waals surface area contributed by atoms with Crippen LogP contribution in [0.2, 0.25) is 0 Å². The molecule has 0 aromatic rings. The van der Waals surface area contributed by atoms with Crippen LogP contribution < -0.4 is 0 Å². The molecule has 0 radical (unpaired) electrons. The first-order chi connectivity index (χ1) is 4.84. The molecule has 0 saturated heterocycles. The Hall–Kier alpha value is 0.150. The third-order valence-corrected chi connectivity index (χ3v) is 3.99. The molecule has 0 spiro atoms. The summed E-state index contributed by atoms with van der Waals surface area (Å²) in [6.45, 7) is 2.02. The van der Waals surface area contributed by atoms with E-state index in [0.717, 1.165) is 5.75 Å². The van der Waals surface area contributed by atoms with Crippen molar-refractivity contribution in [2.45, 2.75) is 44.3 Å². The van der Waals surface area contributed by atoms with Crippen LogP contribution in [0, 0.1) is 0 Å². The third-order valence-electron chi connectivity index (χ3n) is 2.21. The zero-order valence-electron chi connectivity index (χ0n) is 6.64. The van der Waals surface area contributed by atoms with Gasteiger partial charge in [0.25, 0.3) is 0 Å². The zero-order chi connectivity index (χ0) is 7.40. The van der Waals surface area contributed by atoms with Gasteiger partial charge in [-0.25, -0.2) is 0 Å². The fraction of sp³-hybridized carbons (Fsp3) is 1.00. The van der Waals surface area contributed by atoms with Gasteiger partial charge in [0.2, 0.25) is 0 Å². The van der Waals surface area contributed by atoms with Gasteiger partial charge in [0.15, 0.2) is 0 Å². The quantitative estimate of drug-likeness (QED) is 0.604. The monoisotopic (exact) mass is 160 g/mol. The molecular formula is C8H16OS. The molecule has 2 heteroatoms. The van der Waals surface area contributed by atoms with Gasteiger partial charge in [-0.3, -0.25) is 4.21 Å². The average molecular weight is 160 g/mol. The largest absolute Gasteiger partial charge is 0.259 e. The zero-order valence-corrected chi connectivity index (χ0v) is 7.45. The third kappa shape index (κ3) is 2.08. The molecule has 0 N–H and O–H groups in total. The van der Waals surface area contributed by atoms with Crippen molar-refractivity contribution in [2.75, 3.05) is 5.75 Å². The number of rotatable bonds is 2. The first-order valence-corrected chi connectivity index (χ1v) is 5.60. The molecule has 0 bridgehead atoms. The molecule has 0 amide bonds. The standard InChI is InChI=1S/C8H16OS/c1-2-10(9)8-6-4-3-5-7-8/h8H,2-7H2,1H3/t10-/m0/s1. The predicted octanol–water partition coefficient (Wildman–Crippen LogP) is 2.09. The van der Waals surface area contributed by atoms with Crippen molar-refractivity contribution in [3.05, 3.63) is 0 Å². The Balaban J connectivity index is 2.31. The molecule has 10 heavy (non-hydrogen) atoms. The maximum atomic E-state index is 11.3. The van der Waals surface area contributed by atoms with E-state index in [1.807, 2.05) is 6.92 Å². The van der Waals surface area contributed by atoms with Crippen molar-refractivity contribution < 1.29 is 4.21 Å². The van der Waals surface area contributed by atoms with Crippen LogP contribution in [0.5, 0.6) is 0 Å². The van der Waals surface area contributed by atoms with Crippen molar-refractivity contribution >= 4 is 10.8 Å². The van der Waals surface area contributed by atoms with Crippen molar-refractivity contribution in [3.63, 3.8) is 0 Å². The minimum Gasteiger partial charge on any atom is -0.259 e. The van der Waals surface area contributed by atoms with E-state index in [1.165, 1.54) is 32.1 Å². The highest BCUT2D eigenvalue weighted by molar-refractivity contribution is 7.85. The predicted molar refractivity (Wildman–Crippen MR) is 45.6 cm³/mol. The van der Waals surface area contributed by atoms with Crippen LogP contribution >= 0.6 is 0 Å². The van der Waals surface area contributed by atoms with Gasteiger partial charge >= 0.3 is 0 Å². The van der Waals surface area contributed by atoms with E-state index in [-0.39, 0.29) is 0 Å². The van der Waals surface area contributed by atoms with E-state index < -0.39 is 10.8 Å². The molecule has 60 valence electrons. The van der Waals surface area contributed by atoms with E-state index in [0.29, 0.717) is 5.25 Å². The maximum Gasteiger partial charge on any atom is 0.0347 e. The minimum atomic E-state index is -0.513. The van der Waals surface area contributed by atoms with Crippen LogP contribution in [0.15, 0.2) is 0 Å². The normalized spacial score (nSPS) is 24.5. The van der Waals surface area contributed by atoms with E-state index in [1.54, 1.807) is 0 Å². The molecule has 1 atom stereocenters. The van der Waals surface area contributed by atoms with Gasteiger partial charge in [-0.15, -0.1) is 0 Å². The fourth-order valence-corrected chi connectivity index (χ4v) is 2.89. The highest BCUT2D eigenvalue weighted by Crippen LogP contribution is 2.21. The Bertz CT molecular complexity index is 116. The number of hydrogen-bond donors (Lipinski definition) is 0. The molecular weight excluding hydrogens is 144 g/mol. The Kier molecular flexibility index (Phi) is 3.40. The summed E-state index contributed by atoms with van der Waals surface area (Å²) in [5.41, 5.74) is 0. The highest BCUT2D eigenvalue weighted by Gasteiger charge is 2.17. The molecule has 1 aliphatic carbocycles. The molecule has 0 heterocycles. The van der Waals surface area contributed by atoms with Gasteiger partial charge in [0.05, 0.1) is 0 Å². The van der Waals surface area contributed by atoms with Gasteiger partial charge in [-0.1, -0.05) is 26.2 Å². The SMILES string of the molecule is CC[S@](=O)C1CCCCC1. The summed E-state index contributed by atoms with van der Waals surface area (Å²) in [4.78, 5) is 0. The van der Waals surface area contributed by atoms with Crippen LogP contribution in [0.1, 0.15) is 39.0 Å². The van der Waals surface area contributed by atoms with Crippen LogP contribution in [0.4, 0.5) is 0 Å². The Morgan fingerprint density at radius 1 is 1.30 bits per heavy atom. The summed E-state index contributed by atoms with van der Waals surface area (Å²) in [5.74, 6) is 0.852. The summed E-state index contributed by atoms with van der Waals surface area (Å²) in [7, 11) is -0.513.